The monoisotopic (exact) mass is 374 g/mol. The molecule has 5 nitrogen and oxygen atoms in total. The Morgan fingerprint density at radius 1 is 0.962 bits per heavy atom. The molecule has 0 aliphatic heterocycles. The van der Waals surface area contributed by atoms with Gasteiger partial charge in [0.25, 0.3) is 15.9 Å². The molecule has 0 saturated carbocycles. The summed E-state index contributed by atoms with van der Waals surface area (Å²) >= 11 is 0. The molecule has 2 aromatic rings. The first kappa shape index (κ1) is 20.0. The zero-order valence-corrected chi connectivity index (χ0v) is 16.6. The fourth-order valence-corrected chi connectivity index (χ4v) is 3.59. The lowest BCUT2D eigenvalue weighted by atomic mass is 10.0. The molecule has 0 heterocycles. The van der Waals surface area contributed by atoms with Crippen molar-refractivity contribution in [1.82, 2.24) is 5.32 Å². The highest BCUT2D eigenvalue weighted by Crippen LogP contribution is 2.21. The SMILES string of the molecule is Cc1ccc(S(=O)(=O)Nc2ccc(C(C)C)cc2)cc1C(=O)NC(C)C. The number of hydrogen-bond donors (Lipinski definition) is 2. The van der Waals surface area contributed by atoms with E-state index in [1.807, 2.05) is 26.0 Å². The minimum atomic E-state index is -3.78. The number of sulfonamides is 1. The van der Waals surface area contributed by atoms with E-state index in [0.29, 0.717) is 17.2 Å². The molecule has 0 saturated heterocycles. The van der Waals surface area contributed by atoms with Crippen LogP contribution in [0.1, 0.15) is 55.1 Å². The van der Waals surface area contributed by atoms with Gasteiger partial charge in [-0.05, 0) is 62.1 Å². The Morgan fingerprint density at radius 3 is 2.12 bits per heavy atom. The molecule has 0 aromatic heterocycles. The van der Waals surface area contributed by atoms with Crippen LogP contribution in [0.3, 0.4) is 0 Å². The van der Waals surface area contributed by atoms with E-state index in [2.05, 4.69) is 23.9 Å². The maximum absolute atomic E-state index is 12.7. The van der Waals surface area contributed by atoms with Gasteiger partial charge in [-0.2, -0.15) is 0 Å². The second-order valence-electron chi connectivity index (χ2n) is 6.99. The number of carbonyl (C=O) groups excluding carboxylic acids is 1. The number of aryl methyl sites for hydroxylation is 1. The number of nitrogens with one attached hydrogen (secondary N) is 2. The molecule has 0 radical (unpaired) electrons. The maximum Gasteiger partial charge on any atom is 0.261 e. The molecule has 2 N–H and O–H groups in total. The van der Waals surface area contributed by atoms with Gasteiger partial charge in [-0.15, -0.1) is 0 Å². The maximum atomic E-state index is 12.7. The topological polar surface area (TPSA) is 75.3 Å². The van der Waals surface area contributed by atoms with Gasteiger partial charge < -0.3 is 5.32 Å². The Morgan fingerprint density at radius 2 is 1.58 bits per heavy atom. The molecule has 0 aliphatic rings. The van der Waals surface area contributed by atoms with Gasteiger partial charge in [-0.25, -0.2) is 8.42 Å². The zero-order chi connectivity index (χ0) is 19.5. The molecule has 0 unspecified atom stereocenters. The summed E-state index contributed by atoms with van der Waals surface area (Å²) in [5.41, 5.74) is 2.71. The third-order valence-corrected chi connectivity index (χ3v) is 5.39. The van der Waals surface area contributed by atoms with Crippen LogP contribution in [0.4, 0.5) is 5.69 Å². The smallest absolute Gasteiger partial charge is 0.261 e. The molecular formula is C20H26N2O3S. The van der Waals surface area contributed by atoms with Gasteiger partial charge in [0.15, 0.2) is 0 Å². The average molecular weight is 375 g/mol. The predicted molar refractivity (Wildman–Crippen MR) is 105 cm³/mol. The summed E-state index contributed by atoms with van der Waals surface area (Å²) < 4.78 is 27.9. The first-order valence-electron chi connectivity index (χ1n) is 8.64. The highest BCUT2D eigenvalue weighted by molar-refractivity contribution is 7.92. The highest BCUT2D eigenvalue weighted by Gasteiger charge is 2.18. The molecular weight excluding hydrogens is 348 g/mol. The van der Waals surface area contributed by atoms with Crippen molar-refractivity contribution in [3.8, 4) is 0 Å². The number of hydrogen-bond acceptors (Lipinski definition) is 3. The summed E-state index contributed by atoms with van der Waals surface area (Å²) in [6.45, 7) is 9.65. The van der Waals surface area contributed by atoms with Crippen molar-refractivity contribution < 1.29 is 13.2 Å². The lowest BCUT2D eigenvalue weighted by Crippen LogP contribution is -2.30. The third kappa shape index (κ3) is 4.85. The Kier molecular flexibility index (Phi) is 6.08. The Hall–Kier alpha value is -2.34. The first-order chi connectivity index (χ1) is 12.1. The number of amides is 1. The van der Waals surface area contributed by atoms with Crippen LogP contribution in [0.25, 0.3) is 0 Å². The molecule has 2 aromatic carbocycles. The van der Waals surface area contributed by atoms with E-state index in [4.69, 9.17) is 0 Å². The minimum Gasteiger partial charge on any atom is -0.350 e. The fourth-order valence-electron chi connectivity index (χ4n) is 2.50. The van der Waals surface area contributed by atoms with Gasteiger partial charge in [0.05, 0.1) is 4.90 Å². The van der Waals surface area contributed by atoms with E-state index in [1.165, 1.54) is 12.1 Å². The molecule has 0 spiro atoms. The normalized spacial score (nSPS) is 11.7. The van der Waals surface area contributed by atoms with Crippen LogP contribution in [0.2, 0.25) is 0 Å². The molecule has 0 aliphatic carbocycles. The molecule has 2 rings (SSSR count). The predicted octanol–water partition coefficient (Wildman–Crippen LogP) is 4.06. The van der Waals surface area contributed by atoms with Gasteiger partial charge >= 0.3 is 0 Å². The Labute approximate surface area is 155 Å². The summed E-state index contributed by atoms with van der Waals surface area (Å²) in [7, 11) is -3.78. The molecule has 0 atom stereocenters. The van der Waals surface area contributed by atoms with E-state index < -0.39 is 10.0 Å². The number of carbonyl (C=O) groups is 1. The van der Waals surface area contributed by atoms with Crippen LogP contribution in [0.15, 0.2) is 47.4 Å². The summed E-state index contributed by atoms with van der Waals surface area (Å²) in [6, 6.07) is 11.8. The molecule has 1 amide bonds. The van der Waals surface area contributed by atoms with Crippen LogP contribution >= 0.6 is 0 Å². The molecule has 0 fully saturated rings. The van der Waals surface area contributed by atoms with Crippen LogP contribution in [0, 0.1) is 6.92 Å². The van der Waals surface area contributed by atoms with E-state index >= 15 is 0 Å². The van der Waals surface area contributed by atoms with E-state index in [0.717, 1.165) is 11.1 Å². The van der Waals surface area contributed by atoms with E-state index in [-0.39, 0.29) is 16.8 Å². The van der Waals surface area contributed by atoms with Gasteiger partial charge in [0.1, 0.15) is 0 Å². The lowest BCUT2D eigenvalue weighted by Gasteiger charge is -2.13. The van der Waals surface area contributed by atoms with Gasteiger partial charge in [0.2, 0.25) is 0 Å². The van der Waals surface area contributed by atoms with Crippen molar-refractivity contribution in [1.29, 1.82) is 0 Å². The van der Waals surface area contributed by atoms with Crippen LogP contribution < -0.4 is 10.0 Å². The standard InChI is InChI=1S/C20H26N2O3S/c1-13(2)16-7-9-17(10-8-16)22-26(24,25)18-11-6-15(5)19(12-18)20(23)21-14(3)4/h6-14,22H,1-5H3,(H,21,23). The van der Waals surface area contributed by atoms with E-state index in [1.54, 1.807) is 25.1 Å². The summed E-state index contributed by atoms with van der Waals surface area (Å²) in [6.07, 6.45) is 0. The van der Waals surface area contributed by atoms with Crippen LogP contribution in [0.5, 0.6) is 0 Å². The molecule has 6 heteroatoms. The molecule has 26 heavy (non-hydrogen) atoms. The fraction of sp³-hybridized carbons (Fsp3) is 0.350. The van der Waals surface area contributed by atoms with Gasteiger partial charge in [-0.1, -0.05) is 32.0 Å². The van der Waals surface area contributed by atoms with Crippen LogP contribution in [-0.4, -0.2) is 20.4 Å². The lowest BCUT2D eigenvalue weighted by molar-refractivity contribution is 0.0942. The van der Waals surface area contributed by atoms with Crippen molar-refractivity contribution >= 4 is 21.6 Å². The second-order valence-corrected chi connectivity index (χ2v) is 8.67. The molecule has 140 valence electrons. The van der Waals surface area contributed by atoms with Crippen molar-refractivity contribution in [3.05, 3.63) is 59.2 Å². The number of rotatable bonds is 6. The van der Waals surface area contributed by atoms with Crippen molar-refractivity contribution in [2.24, 2.45) is 0 Å². The highest BCUT2D eigenvalue weighted by atomic mass is 32.2. The van der Waals surface area contributed by atoms with Crippen molar-refractivity contribution in [2.75, 3.05) is 4.72 Å². The van der Waals surface area contributed by atoms with E-state index in [9.17, 15) is 13.2 Å². The van der Waals surface area contributed by atoms with Crippen molar-refractivity contribution in [3.63, 3.8) is 0 Å². The number of anilines is 1. The Balaban J connectivity index is 2.29. The summed E-state index contributed by atoms with van der Waals surface area (Å²) in [5.74, 6) is 0.0932. The largest absolute Gasteiger partial charge is 0.350 e. The zero-order valence-electron chi connectivity index (χ0n) is 15.8. The van der Waals surface area contributed by atoms with Gasteiger partial charge in [-0.3, -0.25) is 9.52 Å². The first-order valence-corrected chi connectivity index (χ1v) is 10.1. The quantitative estimate of drug-likeness (QED) is 0.801. The van der Waals surface area contributed by atoms with Crippen LogP contribution in [-0.2, 0) is 10.0 Å². The second kappa shape index (κ2) is 7.91. The van der Waals surface area contributed by atoms with Gasteiger partial charge in [0, 0.05) is 17.3 Å². The Bertz CT molecular complexity index is 886. The number of benzene rings is 2. The third-order valence-electron chi connectivity index (χ3n) is 4.01. The van der Waals surface area contributed by atoms with Crippen molar-refractivity contribution in [2.45, 2.75) is 51.5 Å². The minimum absolute atomic E-state index is 0.0280. The summed E-state index contributed by atoms with van der Waals surface area (Å²) in [4.78, 5) is 12.3. The molecule has 0 bridgehead atoms. The summed E-state index contributed by atoms with van der Waals surface area (Å²) in [5, 5.41) is 2.79. The average Bonchev–Trinajstić information content (AvgIpc) is 2.54.